The number of imidazole rings is 1. The number of nitrogens with zero attached hydrogens (tertiary/aromatic N) is 3. The number of carboxylic acid groups (broad SMARTS) is 1. The molecule has 1 unspecified atom stereocenters. The summed E-state index contributed by atoms with van der Waals surface area (Å²) in [5.74, 6) is -0.695. The smallest absolute Gasteiger partial charge is 0.311 e. The van der Waals surface area contributed by atoms with Gasteiger partial charge in [0.15, 0.2) is 15.7 Å². The number of sulfone groups is 1. The first-order valence-electron chi connectivity index (χ1n) is 13.8. The van der Waals surface area contributed by atoms with Gasteiger partial charge < -0.3 is 14.6 Å². The Morgan fingerprint density at radius 1 is 1.14 bits per heavy atom. The minimum absolute atomic E-state index is 0.0154. The lowest BCUT2D eigenvalue weighted by Gasteiger charge is -2.18. The van der Waals surface area contributed by atoms with Gasteiger partial charge in [0, 0.05) is 32.5 Å². The van der Waals surface area contributed by atoms with E-state index in [1.807, 2.05) is 22.8 Å². The summed E-state index contributed by atoms with van der Waals surface area (Å²) >= 11 is 0. The summed E-state index contributed by atoms with van der Waals surface area (Å²) in [6, 6.07) is 16.2. The summed E-state index contributed by atoms with van der Waals surface area (Å²) in [6.45, 7) is 13.0. The summed E-state index contributed by atoms with van der Waals surface area (Å²) in [7, 11) is -4.68. The van der Waals surface area contributed by atoms with Crippen molar-refractivity contribution < 1.29 is 27.8 Å². The van der Waals surface area contributed by atoms with Crippen molar-refractivity contribution in [3.8, 4) is 23.0 Å². The van der Waals surface area contributed by atoms with E-state index in [0.29, 0.717) is 46.2 Å². The molecule has 0 saturated heterocycles. The number of rotatable bonds is 14. The van der Waals surface area contributed by atoms with Crippen molar-refractivity contribution in [1.82, 2.24) is 14.5 Å². The van der Waals surface area contributed by atoms with Crippen molar-refractivity contribution >= 4 is 34.9 Å². The van der Waals surface area contributed by atoms with Crippen molar-refractivity contribution in [1.29, 1.82) is 0 Å². The SMILES string of the molecule is C=CCC(C(=O)O)c1cc2nc(-c3ccccn3)n(COCC[Si](C)(C)C)c2cc1Oc1ccc(S(=O)(=O)CC)cc1. The Hall–Kier alpha value is -3.80. The Morgan fingerprint density at radius 3 is 2.48 bits per heavy atom. The van der Waals surface area contributed by atoms with Gasteiger partial charge in [-0.2, -0.15) is 0 Å². The summed E-state index contributed by atoms with van der Waals surface area (Å²) in [5.41, 5.74) is 2.35. The van der Waals surface area contributed by atoms with Crippen LogP contribution >= 0.6 is 0 Å². The second-order valence-electron chi connectivity index (χ2n) is 11.2. The van der Waals surface area contributed by atoms with Crippen LogP contribution in [0.2, 0.25) is 25.7 Å². The standard InChI is InChI=1S/C31H37N3O6SSi/c1-6-10-24(31(35)36)25-19-27-28(20-29(25)40-22-12-14-23(15-13-22)41(37,38)7-2)34(21-39-17-18-42(3,4)5)30(33-27)26-11-8-9-16-32-26/h6,8-9,11-16,19-20,24H,1,7,10,17-18,21H2,2-5H3,(H,35,36). The molecule has 4 rings (SSSR count). The van der Waals surface area contributed by atoms with Crippen molar-refractivity contribution in [2.45, 2.75) is 56.6 Å². The van der Waals surface area contributed by atoms with E-state index in [1.165, 1.54) is 12.1 Å². The Balaban J connectivity index is 1.85. The number of carbonyl (C=O) groups is 1. The average Bonchev–Trinajstić information content (AvgIpc) is 3.31. The predicted octanol–water partition coefficient (Wildman–Crippen LogP) is 6.74. The van der Waals surface area contributed by atoms with Crippen molar-refractivity contribution in [2.75, 3.05) is 12.4 Å². The molecule has 0 saturated carbocycles. The summed E-state index contributed by atoms with van der Waals surface area (Å²) in [4.78, 5) is 21.9. The van der Waals surface area contributed by atoms with Crippen LogP contribution in [-0.2, 0) is 26.1 Å². The number of carboxylic acids is 1. The number of ether oxygens (including phenoxy) is 2. The monoisotopic (exact) mass is 607 g/mol. The van der Waals surface area contributed by atoms with E-state index in [-0.39, 0.29) is 23.8 Å². The van der Waals surface area contributed by atoms with Gasteiger partial charge in [0.05, 0.1) is 27.6 Å². The molecule has 9 nitrogen and oxygen atoms in total. The largest absolute Gasteiger partial charge is 0.481 e. The van der Waals surface area contributed by atoms with Crippen LogP contribution in [0.1, 0.15) is 24.8 Å². The lowest BCUT2D eigenvalue weighted by Crippen LogP contribution is -2.22. The fourth-order valence-corrected chi connectivity index (χ4v) is 6.06. The van der Waals surface area contributed by atoms with E-state index >= 15 is 0 Å². The Kier molecular flexibility index (Phi) is 9.65. The number of aromatic nitrogens is 3. The van der Waals surface area contributed by atoms with Gasteiger partial charge >= 0.3 is 5.97 Å². The van der Waals surface area contributed by atoms with Crippen LogP contribution in [0.25, 0.3) is 22.6 Å². The highest BCUT2D eigenvalue weighted by atomic mass is 32.2. The highest BCUT2D eigenvalue weighted by Crippen LogP contribution is 2.38. The molecule has 0 amide bonds. The lowest BCUT2D eigenvalue weighted by molar-refractivity contribution is -0.138. The first kappa shape index (κ1) is 31.1. The molecule has 4 aromatic rings. The van der Waals surface area contributed by atoms with Gasteiger partial charge in [-0.25, -0.2) is 13.4 Å². The fourth-order valence-electron chi connectivity index (χ4n) is 4.42. The number of hydrogen-bond donors (Lipinski definition) is 1. The minimum Gasteiger partial charge on any atom is -0.481 e. The van der Waals surface area contributed by atoms with E-state index in [1.54, 1.807) is 43.5 Å². The van der Waals surface area contributed by atoms with Crippen LogP contribution in [0.4, 0.5) is 0 Å². The quantitative estimate of drug-likeness (QED) is 0.0950. The Morgan fingerprint density at radius 2 is 1.88 bits per heavy atom. The van der Waals surface area contributed by atoms with Crippen LogP contribution in [-0.4, -0.2) is 54.5 Å². The second kappa shape index (κ2) is 13.0. The molecule has 0 fully saturated rings. The molecule has 0 aliphatic heterocycles. The first-order chi connectivity index (χ1) is 19.9. The molecule has 0 radical (unpaired) electrons. The number of fused-ring (bicyclic) bond motifs is 1. The molecule has 222 valence electrons. The van der Waals surface area contributed by atoms with Crippen LogP contribution in [0.15, 0.2) is 78.3 Å². The fraction of sp³-hybridized carbons (Fsp3) is 0.323. The third-order valence-corrected chi connectivity index (χ3v) is 10.3. The predicted molar refractivity (Wildman–Crippen MR) is 167 cm³/mol. The van der Waals surface area contributed by atoms with Crippen molar-refractivity contribution in [3.05, 3.63) is 79.0 Å². The maximum atomic E-state index is 12.3. The molecule has 0 aliphatic rings. The zero-order valence-corrected chi connectivity index (χ0v) is 26.2. The molecule has 2 aromatic heterocycles. The molecular weight excluding hydrogens is 571 g/mol. The molecule has 2 heterocycles. The van der Waals surface area contributed by atoms with E-state index in [0.717, 1.165) is 6.04 Å². The molecule has 1 atom stereocenters. The molecule has 1 N–H and O–H groups in total. The van der Waals surface area contributed by atoms with Crippen LogP contribution < -0.4 is 4.74 Å². The van der Waals surface area contributed by atoms with Gasteiger partial charge in [-0.1, -0.05) is 38.7 Å². The Labute approximate surface area is 247 Å². The van der Waals surface area contributed by atoms with E-state index in [4.69, 9.17) is 14.5 Å². The van der Waals surface area contributed by atoms with Gasteiger partial charge in [-0.05, 0) is 54.9 Å². The molecule has 42 heavy (non-hydrogen) atoms. The molecular formula is C31H37N3O6SSi. The molecule has 2 aromatic carbocycles. The maximum Gasteiger partial charge on any atom is 0.311 e. The van der Waals surface area contributed by atoms with Gasteiger partial charge in [-0.15, -0.1) is 6.58 Å². The molecule has 0 aliphatic carbocycles. The van der Waals surface area contributed by atoms with Gasteiger partial charge in [0.2, 0.25) is 0 Å². The number of pyridine rings is 1. The van der Waals surface area contributed by atoms with E-state index in [2.05, 4.69) is 31.2 Å². The second-order valence-corrected chi connectivity index (χ2v) is 19.1. The van der Waals surface area contributed by atoms with Crippen LogP contribution in [0, 0.1) is 0 Å². The lowest BCUT2D eigenvalue weighted by atomic mass is 9.94. The zero-order valence-electron chi connectivity index (χ0n) is 24.4. The third-order valence-electron chi connectivity index (χ3n) is 6.86. The van der Waals surface area contributed by atoms with Gasteiger partial charge in [0.1, 0.15) is 23.9 Å². The maximum absolute atomic E-state index is 12.3. The minimum atomic E-state index is -3.38. The molecule has 0 spiro atoms. The highest BCUT2D eigenvalue weighted by molar-refractivity contribution is 7.91. The number of hydrogen-bond acceptors (Lipinski definition) is 7. The summed E-state index contributed by atoms with van der Waals surface area (Å²) < 4.78 is 38.9. The van der Waals surface area contributed by atoms with Crippen LogP contribution in [0.5, 0.6) is 11.5 Å². The zero-order chi connectivity index (χ0) is 30.5. The van der Waals surface area contributed by atoms with Gasteiger partial charge in [0.25, 0.3) is 0 Å². The van der Waals surface area contributed by atoms with Crippen molar-refractivity contribution in [3.63, 3.8) is 0 Å². The highest BCUT2D eigenvalue weighted by Gasteiger charge is 2.26. The van der Waals surface area contributed by atoms with Crippen molar-refractivity contribution in [2.24, 2.45) is 0 Å². The summed E-state index contributed by atoms with van der Waals surface area (Å²) in [6.07, 6.45) is 3.43. The third kappa shape index (κ3) is 7.33. The van der Waals surface area contributed by atoms with Crippen LogP contribution in [0.3, 0.4) is 0 Å². The first-order valence-corrected chi connectivity index (χ1v) is 19.2. The summed E-state index contributed by atoms with van der Waals surface area (Å²) in [5, 5.41) is 10.1. The number of benzene rings is 2. The Bertz CT molecular complexity index is 1660. The molecule has 11 heteroatoms. The topological polar surface area (TPSA) is 121 Å². The van der Waals surface area contributed by atoms with E-state index in [9.17, 15) is 18.3 Å². The number of aliphatic carboxylic acids is 1. The molecule has 0 bridgehead atoms. The number of allylic oxidation sites excluding steroid dienone is 1. The average molecular weight is 608 g/mol. The van der Waals surface area contributed by atoms with Gasteiger partial charge in [-0.3, -0.25) is 14.3 Å². The van der Waals surface area contributed by atoms with E-state index < -0.39 is 29.8 Å². The normalized spacial score (nSPS) is 12.8.